The molecule has 34 heavy (non-hydrogen) atoms. The molecule has 0 fully saturated rings. The van der Waals surface area contributed by atoms with E-state index in [1.807, 2.05) is 51.1 Å². The van der Waals surface area contributed by atoms with Crippen LogP contribution in [-0.2, 0) is 15.0 Å². The zero-order valence-corrected chi connectivity index (χ0v) is 19.6. The third-order valence-electron chi connectivity index (χ3n) is 7.00. The van der Waals surface area contributed by atoms with Crippen molar-refractivity contribution in [3.05, 3.63) is 77.0 Å². The van der Waals surface area contributed by atoms with E-state index in [1.54, 1.807) is 28.3 Å². The Labute approximate surface area is 199 Å². The van der Waals surface area contributed by atoms with Crippen LogP contribution in [0, 0.1) is 16.7 Å². The topological polar surface area (TPSA) is 103 Å². The lowest BCUT2D eigenvalue weighted by atomic mass is 9.60. The molecule has 2 N–H and O–H groups in total. The number of Topliss-reactive ketones (excluding diaryl/α,β-unsaturated/α-hetero) is 1. The van der Waals surface area contributed by atoms with Gasteiger partial charge in [-0.2, -0.15) is 5.26 Å². The Morgan fingerprint density at radius 3 is 2.59 bits per heavy atom. The summed E-state index contributed by atoms with van der Waals surface area (Å²) in [5.74, 6) is -0.232. The van der Waals surface area contributed by atoms with Gasteiger partial charge in [0, 0.05) is 41.7 Å². The van der Waals surface area contributed by atoms with Crippen molar-refractivity contribution in [2.45, 2.75) is 45.4 Å². The molecular weight excluding hydrogens is 426 g/mol. The second kappa shape index (κ2) is 7.56. The number of rotatable bonds is 3. The first-order chi connectivity index (χ1) is 16.3. The Balaban J connectivity index is 1.90. The van der Waals surface area contributed by atoms with Gasteiger partial charge in [0.05, 0.1) is 17.5 Å². The van der Waals surface area contributed by atoms with Crippen LogP contribution in [0.25, 0.3) is 0 Å². The van der Waals surface area contributed by atoms with E-state index in [4.69, 9.17) is 5.73 Å². The van der Waals surface area contributed by atoms with Crippen LogP contribution >= 0.6 is 0 Å². The minimum absolute atomic E-state index is 0.0965. The Kier molecular flexibility index (Phi) is 4.87. The third-order valence-corrected chi connectivity index (χ3v) is 7.00. The quantitative estimate of drug-likeness (QED) is 0.755. The fourth-order valence-corrected chi connectivity index (χ4v) is 5.78. The van der Waals surface area contributed by atoms with E-state index in [0.717, 1.165) is 12.1 Å². The zero-order chi connectivity index (χ0) is 24.3. The van der Waals surface area contributed by atoms with Crippen molar-refractivity contribution >= 4 is 23.1 Å². The number of ketones is 1. The number of benzene rings is 1. The van der Waals surface area contributed by atoms with Gasteiger partial charge in [-0.1, -0.05) is 39.0 Å². The number of pyridine rings is 1. The highest BCUT2D eigenvalue weighted by Gasteiger charge is 2.63. The van der Waals surface area contributed by atoms with Crippen LogP contribution in [0.4, 0.5) is 11.4 Å². The smallest absolute Gasteiger partial charge is 0.247 e. The Morgan fingerprint density at radius 2 is 1.91 bits per heavy atom. The van der Waals surface area contributed by atoms with Gasteiger partial charge in [-0.25, -0.2) is 0 Å². The van der Waals surface area contributed by atoms with Gasteiger partial charge in [-0.05, 0) is 36.5 Å². The van der Waals surface area contributed by atoms with E-state index < -0.39 is 5.41 Å². The molecule has 1 spiro atoms. The molecule has 0 unspecified atom stereocenters. The van der Waals surface area contributed by atoms with Crippen LogP contribution in [0.15, 0.2) is 71.5 Å². The van der Waals surface area contributed by atoms with Crippen molar-refractivity contribution in [1.82, 2.24) is 4.98 Å². The Hall–Kier alpha value is -3.92. The van der Waals surface area contributed by atoms with Crippen molar-refractivity contribution in [2.24, 2.45) is 11.1 Å². The minimum atomic E-state index is -1.54. The molecule has 0 saturated heterocycles. The predicted octanol–water partition coefficient (Wildman–Crippen LogP) is 3.93. The summed E-state index contributed by atoms with van der Waals surface area (Å²) in [5.41, 5.74) is 8.06. The van der Waals surface area contributed by atoms with Crippen LogP contribution in [0.3, 0.4) is 0 Å². The summed E-state index contributed by atoms with van der Waals surface area (Å²) in [5, 5.41) is 10.5. The standard InChI is InChI=1S/C27H27N5O2/c1-4-12-31-20-10-6-5-9-18(20)27(25(31)34)19(15-28)24(29)32(17-8-7-11-30-16-17)21-13-26(2,3)14-22(33)23(21)27/h5-11,16H,4,12-14,29H2,1-3H3/t27-/m0/s1. The van der Waals surface area contributed by atoms with E-state index in [2.05, 4.69) is 11.1 Å². The van der Waals surface area contributed by atoms with Crippen LogP contribution in [-0.4, -0.2) is 23.2 Å². The SMILES string of the molecule is CCCN1C(=O)[C@]2(C(C#N)=C(N)N(c3cccnc3)C3=C2C(=O)CC(C)(C)C3)c2ccccc21. The summed E-state index contributed by atoms with van der Waals surface area (Å²) in [4.78, 5) is 35.9. The molecule has 3 aliphatic rings. The number of fused-ring (bicyclic) bond motifs is 3. The molecule has 1 aliphatic carbocycles. The number of nitriles is 1. The van der Waals surface area contributed by atoms with Gasteiger partial charge in [0.15, 0.2) is 5.78 Å². The molecule has 1 amide bonds. The molecule has 7 nitrogen and oxygen atoms in total. The summed E-state index contributed by atoms with van der Waals surface area (Å²) >= 11 is 0. The largest absolute Gasteiger partial charge is 0.384 e. The minimum Gasteiger partial charge on any atom is -0.384 e. The number of anilines is 2. The molecule has 0 saturated carbocycles. The van der Waals surface area contributed by atoms with Gasteiger partial charge in [0.25, 0.3) is 0 Å². The number of aromatic nitrogens is 1. The van der Waals surface area contributed by atoms with Gasteiger partial charge in [0.1, 0.15) is 17.3 Å². The number of hydrogen-bond donors (Lipinski definition) is 1. The van der Waals surface area contributed by atoms with Crippen molar-refractivity contribution in [1.29, 1.82) is 5.26 Å². The average Bonchev–Trinajstić information content (AvgIpc) is 3.03. The van der Waals surface area contributed by atoms with Gasteiger partial charge in [-0.3, -0.25) is 19.5 Å². The Bertz CT molecular complexity index is 1320. The van der Waals surface area contributed by atoms with Crippen molar-refractivity contribution < 1.29 is 9.59 Å². The maximum atomic E-state index is 14.3. The molecule has 172 valence electrons. The number of hydrogen-bond acceptors (Lipinski definition) is 6. The van der Waals surface area contributed by atoms with Crippen molar-refractivity contribution in [3.8, 4) is 6.07 Å². The third kappa shape index (κ3) is 2.78. The fraction of sp³-hybridized carbons (Fsp3) is 0.333. The number of carbonyl (C=O) groups excluding carboxylic acids is 2. The first-order valence-corrected chi connectivity index (χ1v) is 11.6. The van der Waals surface area contributed by atoms with Gasteiger partial charge >= 0.3 is 0 Å². The van der Waals surface area contributed by atoms with Crippen LogP contribution in [0.5, 0.6) is 0 Å². The second-order valence-corrected chi connectivity index (χ2v) is 9.91. The number of carbonyl (C=O) groups is 2. The molecule has 3 heterocycles. The number of nitrogens with zero attached hydrogens (tertiary/aromatic N) is 4. The lowest BCUT2D eigenvalue weighted by Crippen LogP contribution is -2.54. The molecule has 2 aromatic rings. The monoisotopic (exact) mass is 453 g/mol. The summed E-state index contributed by atoms with van der Waals surface area (Å²) < 4.78 is 0. The normalized spacial score (nSPS) is 23.4. The molecular formula is C27H27N5O2. The van der Waals surface area contributed by atoms with Gasteiger partial charge in [0.2, 0.25) is 5.91 Å². The molecule has 7 heteroatoms. The van der Waals surface area contributed by atoms with Crippen molar-refractivity contribution in [2.75, 3.05) is 16.3 Å². The first kappa shape index (κ1) is 21.9. The number of amides is 1. The second-order valence-electron chi connectivity index (χ2n) is 9.91. The highest BCUT2D eigenvalue weighted by Crippen LogP contribution is 2.58. The molecule has 5 rings (SSSR count). The van der Waals surface area contributed by atoms with Crippen LogP contribution < -0.4 is 15.5 Å². The van der Waals surface area contributed by atoms with E-state index in [9.17, 15) is 14.9 Å². The zero-order valence-electron chi connectivity index (χ0n) is 19.6. The molecule has 2 aliphatic heterocycles. The fourth-order valence-electron chi connectivity index (χ4n) is 5.78. The average molecular weight is 454 g/mol. The van der Waals surface area contributed by atoms with Gasteiger partial charge < -0.3 is 10.6 Å². The molecule has 0 bridgehead atoms. The highest BCUT2D eigenvalue weighted by molar-refractivity contribution is 6.20. The number of para-hydroxylation sites is 1. The van der Waals surface area contributed by atoms with E-state index in [0.29, 0.717) is 35.5 Å². The van der Waals surface area contributed by atoms with Crippen LogP contribution in [0.2, 0.25) is 0 Å². The van der Waals surface area contributed by atoms with Crippen molar-refractivity contribution in [3.63, 3.8) is 0 Å². The molecule has 0 radical (unpaired) electrons. The van der Waals surface area contributed by atoms with Crippen LogP contribution in [0.1, 0.15) is 45.6 Å². The lowest BCUT2D eigenvalue weighted by molar-refractivity contribution is -0.125. The molecule has 1 atom stereocenters. The van der Waals surface area contributed by atoms with E-state index in [-0.39, 0.29) is 34.9 Å². The molecule has 1 aromatic carbocycles. The summed E-state index contributed by atoms with van der Waals surface area (Å²) in [6.45, 7) is 6.57. The highest BCUT2D eigenvalue weighted by atomic mass is 16.2. The first-order valence-electron chi connectivity index (χ1n) is 11.6. The summed E-state index contributed by atoms with van der Waals surface area (Å²) in [6.07, 6.45) is 4.88. The maximum Gasteiger partial charge on any atom is 0.247 e. The Morgan fingerprint density at radius 1 is 1.15 bits per heavy atom. The van der Waals surface area contributed by atoms with Gasteiger partial charge in [-0.15, -0.1) is 0 Å². The summed E-state index contributed by atoms with van der Waals surface area (Å²) in [6, 6.07) is 13.3. The van der Waals surface area contributed by atoms with E-state index >= 15 is 0 Å². The molecule has 1 aromatic heterocycles. The van der Waals surface area contributed by atoms with E-state index in [1.165, 1.54) is 0 Å². The lowest BCUT2D eigenvalue weighted by Gasteiger charge is -2.46. The maximum absolute atomic E-state index is 14.3. The number of allylic oxidation sites excluding steroid dienone is 1. The summed E-state index contributed by atoms with van der Waals surface area (Å²) in [7, 11) is 0. The number of nitrogens with two attached hydrogens (primary N) is 1. The predicted molar refractivity (Wildman–Crippen MR) is 129 cm³/mol.